The maximum atomic E-state index is 11.5. The predicted octanol–water partition coefficient (Wildman–Crippen LogP) is 1.18. The van der Waals surface area contributed by atoms with Crippen molar-refractivity contribution in [2.75, 3.05) is 13.6 Å². The number of likely N-dealkylation sites (tertiary alicyclic amines) is 1. The fourth-order valence-electron chi connectivity index (χ4n) is 2.62. The van der Waals surface area contributed by atoms with Gasteiger partial charge in [0.15, 0.2) is 0 Å². The van der Waals surface area contributed by atoms with Crippen molar-refractivity contribution in [2.24, 2.45) is 0 Å². The van der Waals surface area contributed by atoms with E-state index in [1.807, 2.05) is 37.4 Å². The number of piperidine rings is 1. The van der Waals surface area contributed by atoms with E-state index < -0.39 is 0 Å². The van der Waals surface area contributed by atoms with Crippen molar-refractivity contribution in [1.82, 2.24) is 25.6 Å². The van der Waals surface area contributed by atoms with E-state index in [1.165, 1.54) is 0 Å². The number of benzene rings is 1. The van der Waals surface area contributed by atoms with Crippen LogP contribution < -0.4 is 5.32 Å². The van der Waals surface area contributed by atoms with Crippen molar-refractivity contribution in [3.05, 3.63) is 36.0 Å². The SMILES string of the molecule is CN1CC(NCc2n[nH]nc2-c2ccccc2)CCC1=O. The number of nitrogens with one attached hydrogen (secondary N) is 2. The van der Waals surface area contributed by atoms with Crippen molar-refractivity contribution in [3.8, 4) is 11.3 Å². The average Bonchev–Trinajstić information content (AvgIpc) is 2.98. The van der Waals surface area contributed by atoms with Gasteiger partial charge in [0, 0.05) is 38.2 Å². The van der Waals surface area contributed by atoms with E-state index in [0.717, 1.165) is 29.9 Å². The second-order valence-electron chi connectivity index (χ2n) is 5.38. The second-order valence-corrected chi connectivity index (χ2v) is 5.38. The monoisotopic (exact) mass is 285 g/mol. The molecule has 6 nitrogen and oxygen atoms in total. The summed E-state index contributed by atoms with van der Waals surface area (Å²) in [5.74, 6) is 0.222. The van der Waals surface area contributed by atoms with Crippen molar-refractivity contribution in [2.45, 2.75) is 25.4 Å². The first-order chi connectivity index (χ1) is 10.2. The van der Waals surface area contributed by atoms with E-state index in [0.29, 0.717) is 19.0 Å². The van der Waals surface area contributed by atoms with Gasteiger partial charge < -0.3 is 10.2 Å². The first kappa shape index (κ1) is 13.8. The summed E-state index contributed by atoms with van der Waals surface area (Å²) < 4.78 is 0. The molecule has 1 saturated heterocycles. The van der Waals surface area contributed by atoms with E-state index in [9.17, 15) is 4.79 Å². The molecular weight excluding hydrogens is 266 g/mol. The van der Waals surface area contributed by atoms with E-state index in [1.54, 1.807) is 4.90 Å². The number of hydrogen-bond acceptors (Lipinski definition) is 4. The summed E-state index contributed by atoms with van der Waals surface area (Å²) in [6.45, 7) is 1.39. The lowest BCUT2D eigenvalue weighted by Crippen LogP contribution is -2.46. The number of carbonyl (C=O) groups excluding carboxylic acids is 1. The Kier molecular flexibility index (Phi) is 3.96. The summed E-state index contributed by atoms with van der Waals surface area (Å²) >= 11 is 0. The van der Waals surface area contributed by atoms with Gasteiger partial charge in [0.05, 0.1) is 0 Å². The molecule has 1 aliphatic rings. The molecule has 1 aromatic heterocycles. The molecule has 1 aromatic carbocycles. The van der Waals surface area contributed by atoms with Crippen LogP contribution in [0.4, 0.5) is 0 Å². The lowest BCUT2D eigenvalue weighted by molar-refractivity contribution is -0.132. The highest BCUT2D eigenvalue weighted by atomic mass is 16.2. The van der Waals surface area contributed by atoms with E-state index in [-0.39, 0.29) is 5.91 Å². The van der Waals surface area contributed by atoms with Crippen molar-refractivity contribution in [1.29, 1.82) is 0 Å². The molecule has 0 aliphatic carbocycles. The maximum Gasteiger partial charge on any atom is 0.222 e. The molecule has 2 N–H and O–H groups in total. The summed E-state index contributed by atoms with van der Waals surface area (Å²) in [6.07, 6.45) is 1.49. The van der Waals surface area contributed by atoms with Crippen LogP contribution in [0.5, 0.6) is 0 Å². The Morgan fingerprint density at radius 1 is 1.33 bits per heavy atom. The molecule has 21 heavy (non-hydrogen) atoms. The van der Waals surface area contributed by atoms with Crippen molar-refractivity contribution < 1.29 is 4.79 Å². The molecule has 2 heterocycles. The fraction of sp³-hybridized carbons (Fsp3) is 0.400. The molecule has 110 valence electrons. The largest absolute Gasteiger partial charge is 0.344 e. The number of H-pyrrole nitrogens is 1. The Balaban J connectivity index is 1.64. The van der Waals surface area contributed by atoms with E-state index in [4.69, 9.17) is 0 Å². The lowest BCUT2D eigenvalue weighted by atomic mass is 10.1. The highest BCUT2D eigenvalue weighted by molar-refractivity contribution is 5.76. The van der Waals surface area contributed by atoms with Crippen LogP contribution in [-0.2, 0) is 11.3 Å². The lowest BCUT2D eigenvalue weighted by Gasteiger charge is -2.30. The molecule has 6 heteroatoms. The fourth-order valence-corrected chi connectivity index (χ4v) is 2.62. The van der Waals surface area contributed by atoms with Gasteiger partial charge >= 0.3 is 0 Å². The minimum absolute atomic E-state index is 0.222. The summed E-state index contributed by atoms with van der Waals surface area (Å²) in [7, 11) is 1.85. The first-order valence-electron chi connectivity index (χ1n) is 7.16. The summed E-state index contributed by atoms with van der Waals surface area (Å²) in [5, 5.41) is 14.6. The standard InChI is InChI=1S/C15H19N5O/c1-20-10-12(7-8-14(20)21)16-9-13-15(18-19-17-13)11-5-3-2-4-6-11/h2-6,12,16H,7-10H2,1H3,(H,17,18,19). The number of likely N-dealkylation sites (N-methyl/N-ethyl adjacent to an activating group) is 1. The normalized spacial score (nSPS) is 19.0. The molecule has 1 atom stereocenters. The molecule has 1 fully saturated rings. The van der Waals surface area contributed by atoms with Crippen LogP contribution in [0, 0.1) is 0 Å². The van der Waals surface area contributed by atoms with Gasteiger partial charge in [-0.2, -0.15) is 15.4 Å². The van der Waals surface area contributed by atoms with Gasteiger partial charge in [-0.15, -0.1) is 0 Å². The third kappa shape index (κ3) is 3.11. The van der Waals surface area contributed by atoms with Gasteiger partial charge in [-0.1, -0.05) is 30.3 Å². The van der Waals surface area contributed by atoms with Crippen LogP contribution in [0.3, 0.4) is 0 Å². The van der Waals surface area contributed by atoms with Crippen LogP contribution >= 0.6 is 0 Å². The third-order valence-electron chi connectivity index (χ3n) is 3.85. The van der Waals surface area contributed by atoms with Crippen LogP contribution in [0.1, 0.15) is 18.5 Å². The van der Waals surface area contributed by atoms with Crippen molar-refractivity contribution >= 4 is 5.91 Å². The minimum atomic E-state index is 0.222. The van der Waals surface area contributed by atoms with Gasteiger partial charge in [0.1, 0.15) is 11.4 Å². The van der Waals surface area contributed by atoms with Crippen LogP contribution in [0.15, 0.2) is 30.3 Å². The summed E-state index contributed by atoms with van der Waals surface area (Å²) in [6, 6.07) is 10.3. The van der Waals surface area contributed by atoms with Gasteiger partial charge in [0.2, 0.25) is 5.91 Å². The molecule has 3 rings (SSSR count). The molecule has 0 bridgehead atoms. The smallest absolute Gasteiger partial charge is 0.222 e. The number of hydrogen-bond donors (Lipinski definition) is 2. The van der Waals surface area contributed by atoms with E-state index >= 15 is 0 Å². The minimum Gasteiger partial charge on any atom is -0.344 e. The molecule has 1 aliphatic heterocycles. The van der Waals surface area contributed by atoms with Gasteiger partial charge in [-0.3, -0.25) is 4.79 Å². The molecular formula is C15H19N5O. The number of carbonyl (C=O) groups is 1. The number of aromatic amines is 1. The van der Waals surface area contributed by atoms with Crippen LogP contribution in [0.25, 0.3) is 11.3 Å². The average molecular weight is 285 g/mol. The highest BCUT2D eigenvalue weighted by Gasteiger charge is 2.22. The number of nitrogens with zero attached hydrogens (tertiary/aromatic N) is 3. The molecule has 0 radical (unpaired) electrons. The maximum absolute atomic E-state index is 11.5. The summed E-state index contributed by atoms with van der Waals surface area (Å²) in [4.78, 5) is 13.3. The third-order valence-corrected chi connectivity index (χ3v) is 3.85. The first-order valence-corrected chi connectivity index (χ1v) is 7.16. The quantitative estimate of drug-likeness (QED) is 0.884. The van der Waals surface area contributed by atoms with Crippen LogP contribution in [0.2, 0.25) is 0 Å². The van der Waals surface area contributed by atoms with Gasteiger partial charge in [-0.05, 0) is 6.42 Å². The number of rotatable bonds is 4. The van der Waals surface area contributed by atoms with Crippen LogP contribution in [-0.4, -0.2) is 45.9 Å². The van der Waals surface area contributed by atoms with E-state index in [2.05, 4.69) is 20.7 Å². The molecule has 0 saturated carbocycles. The molecule has 0 spiro atoms. The van der Waals surface area contributed by atoms with Gasteiger partial charge in [-0.25, -0.2) is 0 Å². The van der Waals surface area contributed by atoms with Gasteiger partial charge in [0.25, 0.3) is 0 Å². The summed E-state index contributed by atoms with van der Waals surface area (Å²) in [5.41, 5.74) is 2.84. The topological polar surface area (TPSA) is 73.9 Å². The zero-order valence-corrected chi connectivity index (χ0v) is 12.0. The molecule has 1 unspecified atom stereocenters. The number of aromatic nitrogens is 3. The Morgan fingerprint density at radius 2 is 2.14 bits per heavy atom. The zero-order valence-electron chi connectivity index (χ0n) is 12.0. The second kappa shape index (κ2) is 6.05. The number of amides is 1. The highest BCUT2D eigenvalue weighted by Crippen LogP contribution is 2.19. The molecule has 1 amide bonds. The predicted molar refractivity (Wildman–Crippen MR) is 79.3 cm³/mol. The Morgan fingerprint density at radius 3 is 2.90 bits per heavy atom. The zero-order chi connectivity index (χ0) is 14.7. The van der Waals surface area contributed by atoms with Crippen molar-refractivity contribution in [3.63, 3.8) is 0 Å². The Labute approximate surface area is 123 Å². The Bertz CT molecular complexity index is 610. The Hall–Kier alpha value is -2.21. The molecule has 2 aromatic rings.